The number of hydrogen-bond acceptors (Lipinski definition) is 3. The van der Waals surface area contributed by atoms with Crippen LogP contribution in [0.1, 0.15) is 46.1 Å². The predicted molar refractivity (Wildman–Crippen MR) is 103 cm³/mol. The molecule has 1 amide bonds. The molecule has 0 radical (unpaired) electrons. The van der Waals surface area contributed by atoms with E-state index in [1.807, 2.05) is 18.2 Å². The van der Waals surface area contributed by atoms with Gasteiger partial charge in [0.1, 0.15) is 0 Å². The number of aromatic nitrogens is 1. The van der Waals surface area contributed by atoms with Crippen LogP contribution in [0.3, 0.4) is 0 Å². The number of H-pyrrole nitrogens is 1. The number of para-hydroxylation sites is 1. The highest BCUT2D eigenvalue weighted by atomic mass is 16.2. The van der Waals surface area contributed by atoms with Crippen LogP contribution < -0.4 is 11.1 Å². The Bertz CT molecular complexity index is 1000. The van der Waals surface area contributed by atoms with Gasteiger partial charge in [0.2, 0.25) is 0 Å². The van der Waals surface area contributed by atoms with Crippen molar-refractivity contribution < 1.29 is 4.79 Å². The second-order valence-corrected chi connectivity index (χ2v) is 7.30. The molecule has 2 aliphatic rings. The molecule has 0 saturated carbocycles. The van der Waals surface area contributed by atoms with E-state index in [-0.39, 0.29) is 11.9 Å². The summed E-state index contributed by atoms with van der Waals surface area (Å²) in [7, 11) is 0. The van der Waals surface area contributed by atoms with Crippen LogP contribution in [-0.2, 0) is 6.54 Å². The maximum atomic E-state index is 12.5. The maximum Gasteiger partial charge on any atom is 0.252 e. The first-order valence-electron chi connectivity index (χ1n) is 9.23. The number of hydrogen-bond donors (Lipinski definition) is 3. The van der Waals surface area contributed by atoms with E-state index in [2.05, 4.69) is 33.4 Å². The number of nitrogens with zero attached hydrogens (tertiary/aromatic N) is 1. The van der Waals surface area contributed by atoms with Crippen molar-refractivity contribution in [3.05, 3.63) is 64.8 Å². The molecule has 1 unspecified atom stereocenters. The van der Waals surface area contributed by atoms with Gasteiger partial charge in [0.25, 0.3) is 5.91 Å². The first-order chi connectivity index (χ1) is 12.7. The summed E-state index contributed by atoms with van der Waals surface area (Å²) in [6.45, 7) is 3.15. The Kier molecular flexibility index (Phi) is 3.50. The van der Waals surface area contributed by atoms with Crippen LogP contribution in [-0.4, -0.2) is 28.9 Å². The zero-order valence-electron chi connectivity index (χ0n) is 14.6. The van der Waals surface area contributed by atoms with Gasteiger partial charge >= 0.3 is 0 Å². The normalized spacial score (nSPS) is 19.8. The Hall–Kier alpha value is -2.79. The number of benzene rings is 2. The molecule has 3 aromatic rings. The third-order valence-corrected chi connectivity index (χ3v) is 5.60. The summed E-state index contributed by atoms with van der Waals surface area (Å²) in [5.41, 5.74) is 11.9. The summed E-state index contributed by atoms with van der Waals surface area (Å²) in [5, 5.41) is 4.34. The molecule has 132 valence electrons. The fourth-order valence-electron chi connectivity index (χ4n) is 4.38. The van der Waals surface area contributed by atoms with Crippen LogP contribution >= 0.6 is 0 Å². The van der Waals surface area contributed by atoms with Crippen molar-refractivity contribution in [2.75, 3.05) is 18.8 Å². The van der Waals surface area contributed by atoms with Crippen molar-refractivity contribution in [3.8, 4) is 0 Å². The number of nitrogen functional groups attached to an aromatic ring is 1. The predicted octanol–water partition coefficient (Wildman–Crippen LogP) is 3.18. The van der Waals surface area contributed by atoms with E-state index in [0.29, 0.717) is 5.69 Å². The van der Waals surface area contributed by atoms with E-state index >= 15 is 0 Å². The van der Waals surface area contributed by atoms with Gasteiger partial charge in [-0.2, -0.15) is 0 Å². The van der Waals surface area contributed by atoms with E-state index in [4.69, 9.17) is 5.73 Å². The molecule has 1 fully saturated rings. The van der Waals surface area contributed by atoms with Crippen molar-refractivity contribution in [2.24, 2.45) is 0 Å². The number of nitrogens with two attached hydrogens (primary N) is 1. The third kappa shape index (κ3) is 2.39. The summed E-state index contributed by atoms with van der Waals surface area (Å²) >= 11 is 0. The second kappa shape index (κ2) is 5.88. The SMILES string of the molecule is Nc1ccc2c(c1)C(c1c(CN3CCCC3)[nH]c3ccccc13)NC2=O. The second-order valence-electron chi connectivity index (χ2n) is 7.30. The maximum absolute atomic E-state index is 12.5. The largest absolute Gasteiger partial charge is 0.399 e. The van der Waals surface area contributed by atoms with Crippen LogP contribution in [0.15, 0.2) is 42.5 Å². The first-order valence-corrected chi connectivity index (χ1v) is 9.23. The molecule has 1 aromatic heterocycles. The van der Waals surface area contributed by atoms with Crippen LogP contribution in [0.5, 0.6) is 0 Å². The molecule has 2 aromatic carbocycles. The molecule has 26 heavy (non-hydrogen) atoms. The Labute approximate surface area is 152 Å². The number of aromatic amines is 1. The van der Waals surface area contributed by atoms with Gasteiger partial charge in [-0.3, -0.25) is 9.69 Å². The zero-order chi connectivity index (χ0) is 17.7. The summed E-state index contributed by atoms with van der Waals surface area (Å²) in [6.07, 6.45) is 2.52. The van der Waals surface area contributed by atoms with Crippen LogP contribution in [0.4, 0.5) is 5.69 Å². The Morgan fingerprint density at radius 2 is 1.92 bits per heavy atom. The van der Waals surface area contributed by atoms with Gasteiger partial charge in [-0.25, -0.2) is 0 Å². The summed E-state index contributed by atoms with van der Waals surface area (Å²) in [6, 6.07) is 13.7. The summed E-state index contributed by atoms with van der Waals surface area (Å²) in [5.74, 6) is -0.0256. The van der Waals surface area contributed by atoms with E-state index in [0.717, 1.165) is 36.3 Å². The number of rotatable bonds is 3. The lowest BCUT2D eigenvalue weighted by atomic mass is 9.95. The third-order valence-electron chi connectivity index (χ3n) is 5.60. The lowest BCUT2D eigenvalue weighted by Crippen LogP contribution is -2.23. The van der Waals surface area contributed by atoms with E-state index in [1.54, 1.807) is 6.07 Å². The van der Waals surface area contributed by atoms with Crippen LogP contribution in [0.25, 0.3) is 10.9 Å². The zero-order valence-corrected chi connectivity index (χ0v) is 14.6. The monoisotopic (exact) mass is 346 g/mol. The van der Waals surface area contributed by atoms with E-state index in [9.17, 15) is 4.79 Å². The van der Waals surface area contributed by atoms with Crippen molar-refractivity contribution >= 4 is 22.5 Å². The minimum atomic E-state index is -0.158. The van der Waals surface area contributed by atoms with Gasteiger partial charge in [0.15, 0.2) is 0 Å². The van der Waals surface area contributed by atoms with Crippen molar-refractivity contribution in [2.45, 2.75) is 25.4 Å². The molecular weight excluding hydrogens is 324 g/mol. The molecule has 0 spiro atoms. The molecule has 1 saturated heterocycles. The van der Waals surface area contributed by atoms with Gasteiger partial charge in [0.05, 0.1) is 6.04 Å². The Morgan fingerprint density at radius 3 is 2.77 bits per heavy atom. The number of carbonyl (C=O) groups excluding carboxylic acids is 1. The highest BCUT2D eigenvalue weighted by molar-refractivity contribution is 6.01. The molecular formula is C21H22N4O. The number of anilines is 1. The average Bonchev–Trinajstić information content (AvgIpc) is 3.33. The highest BCUT2D eigenvalue weighted by Gasteiger charge is 2.33. The molecule has 4 N–H and O–H groups in total. The van der Waals surface area contributed by atoms with Gasteiger partial charge in [-0.1, -0.05) is 18.2 Å². The van der Waals surface area contributed by atoms with Gasteiger partial charge in [-0.15, -0.1) is 0 Å². The first kappa shape index (κ1) is 15.5. The molecule has 5 heteroatoms. The topological polar surface area (TPSA) is 74.2 Å². The molecule has 1 atom stereocenters. The summed E-state index contributed by atoms with van der Waals surface area (Å²) in [4.78, 5) is 18.6. The lowest BCUT2D eigenvalue weighted by Gasteiger charge is -2.18. The Balaban J connectivity index is 1.66. The highest BCUT2D eigenvalue weighted by Crippen LogP contribution is 2.38. The lowest BCUT2D eigenvalue weighted by molar-refractivity contribution is 0.0960. The molecule has 5 nitrogen and oxygen atoms in total. The van der Waals surface area contributed by atoms with E-state index in [1.165, 1.54) is 29.5 Å². The quantitative estimate of drug-likeness (QED) is 0.638. The molecule has 0 bridgehead atoms. The fraction of sp³-hybridized carbons (Fsp3) is 0.286. The smallest absolute Gasteiger partial charge is 0.252 e. The number of amides is 1. The molecule has 3 heterocycles. The van der Waals surface area contributed by atoms with Crippen molar-refractivity contribution in [1.29, 1.82) is 0 Å². The van der Waals surface area contributed by atoms with Gasteiger partial charge in [0, 0.05) is 40.0 Å². The standard InChI is InChI=1S/C21H22N4O/c22-13-7-8-14-16(11-13)20(24-21(14)26)19-15-5-1-2-6-17(15)23-18(19)12-25-9-3-4-10-25/h1-2,5-8,11,20,23H,3-4,9-10,12,22H2,(H,24,26). The number of carbonyl (C=O) groups is 1. The average molecular weight is 346 g/mol. The fourth-order valence-corrected chi connectivity index (χ4v) is 4.38. The number of nitrogens with one attached hydrogen (secondary N) is 2. The van der Waals surface area contributed by atoms with Gasteiger partial charge in [-0.05, 0) is 55.8 Å². The van der Waals surface area contributed by atoms with Crippen molar-refractivity contribution in [3.63, 3.8) is 0 Å². The molecule has 2 aliphatic heterocycles. The van der Waals surface area contributed by atoms with Crippen molar-refractivity contribution in [1.82, 2.24) is 15.2 Å². The molecule has 5 rings (SSSR count). The van der Waals surface area contributed by atoms with Gasteiger partial charge < -0.3 is 16.0 Å². The van der Waals surface area contributed by atoms with E-state index < -0.39 is 0 Å². The minimum Gasteiger partial charge on any atom is -0.399 e. The molecule has 0 aliphatic carbocycles. The van der Waals surface area contributed by atoms with Crippen LogP contribution in [0, 0.1) is 0 Å². The van der Waals surface area contributed by atoms with Crippen LogP contribution in [0.2, 0.25) is 0 Å². The number of fused-ring (bicyclic) bond motifs is 2. The summed E-state index contributed by atoms with van der Waals surface area (Å²) < 4.78 is 0. The number of likely N-dealkylation sites (tertiary alicyclic amines) is 1. The Morgan fingerprint density at radius 1 is 1.12 bits per heavy atom. The minimum absolute atomic E-state index is 0.0256.